The van der Waals surface area contributed by atoms with Crippen molar-refractivity contribution in [1.82, 2.24) is 9.88 Å². The Balaban J connectivity index is 1.36. The minimum Gasteiger partial charge on any atom is -0.497 e. The van der Waals surface area contributed by atoms with Crippen molar-refractivity contribution in [3.8, 4) is 11.5 Å². The Morgan fingerprint density at radius 2 is 1.89 bits per heavy atom. The van der Waals surface area contributed by atoms with E-state index in [2.05, 4.69) is 16.0 Å². The summed E-state index contributed by atoms with van der Waals surface area (Å²) in [5.41, 5.74) is 0.412. The minimum atomic E-state index is -0.904. The molecule has 9 heteroatoms. The van der Waals surface area contributed by atoms with E-state index in [1.54, 1.807) is 26.0 Å². The van der Waals surface area contributed by atoms with E-state index in [0.29, 0.717) is 52.9 Å². The van der Waals surface area contributed by atoms with E-state index in [9.17, 15) is 15.0 Å². The van der Waals surface area contributed by atoms with Gasteiger partial charge in [0.15, 0.2) is 0 Å². The summed E-state index contributed by atoms with van der Waals surface area (Å²) in [4.78, 5) is 20.2. The van der Waals surface area contributed by atoms with Crippen molar-refractivity contribution in [2.45, 2.75) is 36.7 Å². The largest absolute Gasteiger partial charge is 0.497 e. The van der Waals surface area contributed by atoms with Gasteiger partial charge in [-0.2, -0.15) is 0 Å². The van der Waals surface area contributed by atoms with Crippen molar-refractivity contribution >= 4 is 40.2 Å². The van der Waals surface area contributed by atoms with Gasteiger partial charge in [0.05, 0.1) is 36.3 Å². The van der Waals surface area contributed by atoms with Gasteiger partial charge in [-0.1, -0.05) is 17.7 Å². The maximum atomic E-state index is 12.4. The first-order chi connectivity index (χ1) is 17.8. The molecular weight excluding hydrogens is 512 g/mol. The van der Waals surface area contributed by atoms with E-state index in [1.165, 1.54) is 6.20 Å². The molecule has 1 saturated heterocycles. The molecular formula is C28H33ClN2O5S. The molecule has 0 aliphatic carbocycles. The second-order valence-corrected chi connectivity index (χ2v) is 11.0. The van der Waals surface area contributed by atoms with Crippen molar-refractivity contribution in [3.63, 3.8) is 0 Å². The Labute approximate surface area is 226 Å². The molecule has 37 heavy (non-hydrogen) atoms. The molecule has 0 unspecified atom stereocenters. The monoisotopic (exact) mass is 544 g/mol. The number of piperidine rings is 1. The van der Waals surface area contributed by atoms with Crippen LogP contribution in [0.4, 0.5) is 0 Å². The van der Waals surface area contributed by atoms with E-state index < -0.39 is 17.5 Å². The van der Waals surface area contributed by atoms with Gasteiger partial charge < -0.3 is 24.6 Å². The molecule has 0 saturated carbocycles. The number of hydrogen-bond donors (Lipinski definition) is 2. The lowest BCUT2D eigenvalue weighted by atomic mass is 9.74. The van der Waals surface area contributed by atoms with Crippen molar-refractivity contribution in [2.75, 3.05) is 39.6 Å². The number of aliphatic hydroxyl groups excluding tert-OH is 1. The molecule has 0 bridgehead atoms. The summed E-state index contributed by atoms with van der Waals surface area (Å²) in [5, 5.41) is 22.4. The fourth-order valence-electron chi connectivity index (χ4n) is 4.95. The number of ether oxygens (including phenoxy) is 2. The Morgan fingerprint density at radius 1 is 1.16 bits per heavy atom. The van der Waals surface area contributed by atoms with Crippen LogP contribution in [0.25, 0.3) is 10.9 Å². The first kappa shape index (κ1) is 27.5. The molecule has 0 amide bonds. The molecule has 1 aliphatic heterocycles. The number of nitrogens with zero attached hydrogens (tertiary/aromatic N) is 2. The van der Waals surface area contributed by atoms with Crippen molar-refractivity contribution in [1.29, 1.82) is 0 Å². The summed E-state index contributed by atoms with van der Waals surface area (Å²) in [6.07, 6.45) is 2.41. The lowest BCUT2D eigenvalue weighted by Crippen LogP contribution is -2.45. The zero-order valence-corrected chi connectivity index (χ0v) is 22.7. The molecule has 7 nitrogen and oxygen atoms in total. The van der Waals surface area contributed by atoms with Crippen molar-refractivity contribution < 1.29 is 24.5 Å². The maximum Gasteiger partial charge on any atom is 0.309 e. The number of hydrogen-bond acceptors (Lipinski definition) is 7. The van der Waals surface area contributed by atoms with Gasteiger partial charge in [-0.15, -0.1) is 11.8 Å². The van der Waals surface area contributed by atoms with Crippen LogP contribution in [-0.4, -0.2) is 65.7 Å². The summed E-state index contributed by atoms with van der Waals surface area (Å²) in [7, 11) is 3.24. The Morgan fingerprint density at radius 3 is 2.59 bits per heavy atom. The van der Waals surface area contributed by atoms with Gasteiger partial charge in [0, 0.05) is 34.3 Å². The molecule has 2 N–H and O–H groups in total. The van der Waals surface area contributed by atoms with Gasteiger partial charge in [-0.3, -0.25) is 9.78 Å². The van der Waals surface area contributed by atoms with Crippen LogP contribution < -0.4 is 9.47 Å². The fourth-order valence-corrected chi connectivity index (χ4v) is 6.19. The van der Waals surface area contributed by atoms with Crippen LogP contribution in [0, 0.1) is 5.41 Å². The maximum absolute atomic E-state index is 12.4. The first-order valence-electron chi connectivity index (χ1n) is 12.4. The number of likely N-dealkylation sites (tertiary alicyclic amines) is 1. The molecule has 0 spiro atoms. The van der Waals surface area contributed by atoms with Gasteiger partial charge in [-0.25, -0.2) is 0 Å². The summed E-state index contributed by atoms with van der Waals surface area (Å²) in [5.74, 6) is 1.61. The molecule has 3 aromatic rings. The average Bonchev–Trinajstić information content (AvgIpc) is 2.92. The third-order valence-electron chi connectivity index (χ3n) is 7.28. The molecule has 4 rings (SSSR count). The van der Waals surface area contributed by atoms with Gasteiger partial charge in [0.25, 0.3) is 0 Å². The second kappa shape index (κ2) is 12.3. The number of pyridine rings is 1. The summed E-state index contributed by atoms with van der Waals surface area (Å²) < 4.78 is 10.6. The number of rotatable bonds is 11. The fraction of sp³-hybridized carbons (Fsp3) is 0.429. The topological polar surface area (TPSA) is 92.1 Å². The molecule has 0 radical (unpaired) electrons. The van der Waals surface area contributed by atoms with Crippen LogP contribution in [0.15, 0.2) is 53.6 Å². The number of carboxylic acids is 1. The number of halogens is 1. The van der Waals surface area contributed by atoms with E-state index in [0.717, 1.165) is 36.0 Å². The number of aliphatic hydroxyl groups is 1. The molecule has 2 aromatic carbocycles. The summed E-state index contributed by atoms with van der Waals surface area (Å²) in [6, 6.07) is 13.4. The zero-order valence-electron chi connectivity index (χ0n) is 21.2. The Hall–Kier alpha value is -2.52. The standard InChI is InChI=1S/C28H33ClN2O5S/c1-35-19-4-3-5-21(16-19)37-15-14-31-12-10-28(11-13-31,27(33)34)9-8-25(32)26-22-17-20(36-2)6-7-24(22)30-18-23(26)29/h3-7,16-18,25,32H,8-15H2,1-2H3,(H,33,34)/t25-/m1/s1. The van der Waals surface area contributed by atoms with Crippen LogP contribution in [0.1, 0.15) is 37.4 Å². The number of thioether (sulfide) groups is 1. The normalized spacial score (nSPS) is 16.4. The number of carboxylic acid groups (broad SMARTS) is 1. The number of methoxy groups -OCH3 is 2. The quantitative estimate of drug-likeness (QED) is 0.298. The Bertz CT molecular complexity index is 1230. The number of benzene rings is 2. The van der Waals surface area contributed by atoms with Gasteiger partial charge in [0.2, 0.25) is 0 Å². The van der Waals surface area contributed by atoms with Crippen LogP contribution in [0.2, 0.25) is 5.02 Å². The second-order valence-electron chi connectivity index (χ2n) is 9.41. The van der Waals surface area contributed by atoms with Crippen LogP contribution >= 0.6 is 23.4 Å². The van der Waals surface area contributed by atoms with Crippen molar-refractivity contribution in [2.24, 2.45) is 5.41 Å². The van der Waals surface area contributed by atoms with Gasteiger partial charge in [-0.05, 0) is 75.2 Å². The highest BCUT2D eigenvalue weighted by Gasteiger charge is 2.41. The lowest BCUT2D eigenvalue weighted by Gasteiger charge is -2.39. The van der Waals surface area contributed by atoms with E-state index in [4.69, 9.17) is 21.1 Å². The number of aliphatic carboxylic acids is 1. The smallest absolute Gasteiger partial charge is 0.309 e. The summed E-state index contributed by atoms with van der Waals surface area (Å²) >= 11 is 8.21. The summed E-state index contributed by atoms with van der Waals surface area (Å²) in [6.45, 7) is 2.33. The molecule has 198 valence electrons. The van der Waals surface area contributed by atoms with Gasteiger partial charge >= 0.3 is 5.97 Å². The lowest BCUT2D eigenvalue weighted by molar-refractivity contribution is -0.153. The first-order valence-corrected chi connectivity index (χ1v) is 13.7. The SMILES string of the molecule is COc1cccc(SCCN2CCC(CC[C@@H](O)c3c(Cl)cnc4ccc(OC)cc34)(C(=O)O)CC2)c1. The van der Waals surface area contributed by atoms with E-state index in [-0.39, 0.29) is 0 Å². The molecule has 1 aliphatic rings. The number of carbonyl (C=O) groups is 1. The highest BCUT2D eigenvalue weighted by atomic mass is 35.5. The van der Waals surface area contributed by atoms with Gasteiger partial charge in [0.1, 0.15) is 11.5 Å². The zero-order chi connectivity index (χ0) is 26.4. The van der Waals surface area contributed by atoms with Crippen LogP contribution in [-0.2, 0) is 4.79 Å². The third-order valence-corrected chi connectivity index (χ3v) is 8.56. The molecule has 1 atom stereocenters. The van der Waals surface area contributed by atoms with Crippen molar-refractivity contribution in [3.05, 3.63) is 59.2 Å². The predicted molar refractivity (Wildman–Crippen MR) is 147 cm³/mol. The van der Waals surface area contributed by atoms with Crippen LogP contribution in [0.3, 0.4) is 0 Å². The molecule has 1 aromatic heterocycles. The predicted octanol–water partition coefficient (Wildman–Crippen LogP) is 5.68. The molecule has 1 fully saturated rings. The Kier molecular flexibility index (Phi) is 9.18. The highest BCUT2D eigenvalue weighted by molar-refractivity contribution is 7.99. The van der Waals surface area contributed by atoms with E-state index in [1.807, 2.05) is 36.4 Å². The third kappa shape index (κ3) is 6.49. The van der Waals surface area contributed by atoms with Crippen LogP contribution in [0.5, 0.6) is 11.5 Å². The number of aromatic nitrogens is 1. The highest BCUT2D eigenvalue weighted by Crippen LogP contribution is 2.41. The minimum absolute atomic E-state index is 0.300. The average molecular weight is 545 g/mol. The molecule has 2 heterocycles. The van der Waals surface area contributed by atoms with E-state index >= 15 is 0 Å². The number of fused-ring (bicyclic) bond motifs is 1.